The van der Waals surface area contributed by atoms with Gasteiger partial charge < -0.3 is 9.64 Å². The van der Waals surface area contributed by atoms with Crippen LogP contribution in [0.25, 0.3) is 0 Å². The summed E-state index contributed by atoms with van der Waals surface area (Å²) in [6.07, 6.45) is 5.52. The summed E-state index contributed by atoms with van der Waals surface area (Å²) < 4.78 is 4.68. The van der Waals surface area contributed by atoms with Crippen molar-refractivity contribution in [1.82, 2.24) is 4.90 Å². The molecule has 90 valence electrons. The van der Waals surface area contributed by atoms with Crippen LogP contribution in [0.4, 0.5) is 0 Å². The highest BCUT2D eigenvalue weighted by atomic mass is 16.5. The molecule has 1 saturated heterocycles. The highest BCUT2D eigenvalue weighted by Crippen LogP contribution is 2.33. The van der Waals surface area contributed by atoms with Gasteiger partial charge in [-0.2, -0.15) is 0 Å². The SMILES string of the molecule is COC(=O)CC1CCCCN1C(=O)C1CC1. The monoisotopic (exact) mass is 225 g/mol. The van der Waals surface area contributed by atoms with Gasteiger partial charge in [0.1, 0.15) is 0 Å². The molecule has 2 fully saturated rings. The molecule has 1 unspecified atom stereocenters. The lowest BCUT2D eigenvalue weighted by molar-refractivity contribution is -0.145. The molecule has 0 aromatic carbocycles. The van der Waals surface area contributed by atoms with E-state index in [1.807, 2.05) is 4.90 Å². The molecule has 0 N–H and O–H groups in total. The number of hydrogen-bond donors (Lipinski definition) is 0. The fourth-order valence-electron chi connectivity index (χ4n) is 2.34. The fraction of sp³-hybridized carbons (Fsp3) is 0.833. The molecule has 4 heteroatoms. The number of esters is 1. The predicted molar refractivity (Wildman–Crippen MR) is 58.7 cm³/mol. The molecule has 1 aliphatic heterocycles. The van der Waals surface area contributed by atoms with Crippen LogP contribution in [0.1, 0.15) is 38.5 Å². The lowest BCUT2D eigenvalue weighted by Gasteiger charge is -2.35. The molecule has 4 nitrogen and oxygen atoms in total. The number of carbonyl (C=O) groups excluding carboxylic acids is 2. The minimum absolute atomic E-state index is 0.0781. The average Bonchev–Trinajstić information content (AvgIpc) is 3.12. The van der Waals surface area contributed by atoms with Crippen molar-refractivity contribution in [2.75, 3.05) is 13.7 Å². The number of amides is 1. The molecule has 0 aromatic rings. The van der Waals surface area contributed by atoms with Gasteiger partial charge in [0.25, 0.3) is 0 Å². The smallest absolute Gasteiger partial charge is 0.307 e. The number of likely N-dealkylation sites (tertiary alicyclic amines) is 1. The van der Waals surface area contributed by atoms with E-state index in [1.54, 1.807) is 0 Å². The highest BCUT2D eigenvalue weighted by molar-refractivity contribution is 5.82. The molecule has 1 amide bonds. The van der Waals surface area contributed by atoms with Crippen molar-refractivity contribution in [2.24, 2.45) is 5.92 Å². The molecule has 0 radical (unpaired) electrons. The number of ether oxygens (including phenoxy) is 1. The van der Waals surface area contributed by atoms with E-state index in [0.717, 1.165) is 38.6 Å². The van der Waals surface area contributed by atoms with E-state index in [0.29, 0.717) is 6.42 Å². The molecule has 16 heavy (non-hydrogen) atoms. The van der Waals surface area contributed by atoms with Gasteiger partial charge >= 0.3 is 5.97 Å². The zero-order valence-electron chi connectivity index (χ0n) is 9.78. The van der Waals surface area contributed by atoms with Crippen LogP contribution in [-0.2, 0) is 14.3 Å². The first kappa shape index (κ1) is 11.4. The third-order valence-corrected chi connectivity index (χ3v) is 3.47. The number of rotatable bonds is 3. The Labute approximate surface area is 95.9 Å². The molecule has 1 saturated carbocycles. The Morgan fingerprint density at radius 3 is 2.62 bits per heavy atom. The van der Waals surface area contributed by atoms with Crippen LogP contribution >= 0.6 is 0 Å². The van der Waals surface area contributed by atoms with Crippen LogP contribution in [0.5, 0.6) is 0 Å². The van der Waals surface area contributed by atoms with Gasteiger partial charge in [-0.1, -0.05) is 0 Å². The summed E-state index contributed by atoms with van der Waals surface area (Å²) in [7, 11) is 1.40. The lowest BCUT2D eigenvalue weighted by atomic mass is 9.98. The standard InChI is InChI=1S/C12H19NO3/c1-16-11(14)8-10-4-2-3-7-13(10)12(15)9-5-6-9/h9-10H,2-8H2,1H3. The van der Waals surface area contributed by atoms with Crippen molar-refractivity contribution in [3.05, 3.63) is 0 Å². The molecule has 1 aliphatic carbocycles. The summed E-state index contributed by atoms with van der Waals surface area (Å²) in [5.74, 6) is 0.298. The molecule has 1 heterocycles. The number of methoxy groups -OCH3 is 1. The van der Waals surface area contributed by atoms with Crippen molar-refractivity contribution in [3.8, 4) is 0 Å². The Hall–Kier alpha value is -1.06. The third-order valence-electron chi connectivity index (χ3n) is 3.47. The Kier molecular flexibility index (Phi) is 3.46. The van der Waals surface area contributed by atoms with E-state index < -0.39 is 0 Å². The quantitative estimate of drug-likeness (QED) is 0.681. The molecule has 1 atom stereocenters. The zero-order chi connectivity index (χ0) is 11.5. The summed E-state index contributed by atoms with van der Waals surface area (Å²) in [6.45, 7) is 0.816. The summed E-state index contributed by atoms with van der Waals surface area (Å²) >= 11 is 0. The Morgan fingerprint density at radius 2 is 2.00 bits per heavy atom. The molecular formula is C12H19NO3. The van der Waals surface area contributed by atoms with E-state index in [9.17, 15) is 9.59 Å². The summed E-state index contributed by atoms with van der Waals surface area (Å²) in [4.78, 5) is 25.2. The van der Waals surface area contributed by atoms with Gasteiger partial charge in [0, 0.05) is 18.5 Å². The molecule has 0 bridgehead atoms. The fourth-order valence-corrected chi connectivity index (χ4v) is 2.34. The van der Waals surface area contributed by atoms with Gasteiger partial charge in [0.2, 0.25) is 5.91 Å². The van der Waals surface area contributed by atoms with Crippen LogP contribution in [0, 0.1) is 5.92 Å². The minimum atomic E-state index is -0.208. The largest absolute Gasteiger partial charge is 0.469 e. The maximum atomic E-state index is 12.0. The van der Waals surface area contributed by atoms with Crippen molar-refractivity contribution >= 4 is 11.9 Å². The number of hydrogen-bond acceptors (Lipinski definition) is 3. The normalized spacial score (nSPS) is 25.3. The molecule has 2 rings (SSSR count). The van der Waals surface area contributed by atoms with E-state index in [1.165, 1.54) is 7.11 Å². The van der Waals surface area contributed by atoms with Crippen molar-refractivity contribution in [3.63, 3.8) is 0 Å². The van der Waals surface area contributed by atoms with Crippen LogP contribution < -0.4 is 0 Å². The molecule has 0 spiro atoms. The Bertz CT molecular complexity index is 286. The summed E-state index contributed by atoms with van der Waals surface area (Å²) in [5, 5.41) is 0. The first-order valence-electron chi connectivity index (χ1n) is 6.09. The number of nitrogens with zero attached hydrogens (tertiary/aromatic N) is 1. The van der Waals surface area contributed by atoms with E-state index in [-0.39, 0.29) is 23.8 Å². The average molecular weight is 225 g/mol. The van der Waals surface area contributed by atoms with E-state index in [2.05, 4.69) is 4.74 Å². The molecule has 2 aliphatic rings. The molecular weight excluding hydrogens is 206 g/mol. The van der Waals surface area contributed by atoms with Crippen LogP contribution in [-0.4, -0.2) is 36.5 Å². The predicted octanol–water partition coefficient (Wildman–Crippen LogP) is 1.34. The minimum Gasteiger partial charge on any atom is -0.469 e. The van der Waals surface area contributed by atoms with E-state index in [4.69, 9.17) is 0 Å². The molecule has 0 aromatic heterocycles. The lowest BCUT2D eigenvalue weighted by Crippen LogP contribution is -2.45. The van der Waals surface area contributed by atoms with Crippen molar-refractivity contribution in [2.45, 2.75) is 44.6 Å². The second-order valence-corrected chi connectivity index (χ2v) is 4.74. The van der Waals surface area contributed by atoms with Gasteiger partial charge in [-0.3, -0.25) is 9.59 Å². The van der Waals surface area contributed by atoms with Crippen molar-refractivity contribution < 1.29 is 14.3 Å². The van der Waals surface area contributed by atoms with Gasteiger partial charge in [-0.15, -0.1) is 0 Å². The Balaban J connectivity index is 1.95. The zero-order valence-corrected chi connectivity index (χ0v) is 9.78. The van der Waals surface area contributed by atoms with Crippen LogP contribution in [0.15, 0.2) is 0 Å². The van der Waals surface area contributed by atoms with Gasteiger partial charge in [-0.25, -0.2) is 0 Å². The first-order valence-corrected chi connectivity index (χ1v) is 6.09. The highest BCUT2D eigenvalue weighted by Gasteiger charge is 2.37. The summed E-state index contributed by atoms with van der Waals surface area (Å²) in [5.41, 5.74) is 0. The van der Waals surface area contributed by atoms with E-state index >= 15 is 0 Å². The Morgan fingerprint density at radius 1 is 1.25 bits per heavy atom. The second kappa shape index (κ2) is 4.85. The first-order chi connectivity index (χ1) is 7.72. The van der Waals surface area contributed by atoms with Crippen LogP contribution in [0.3, 0.4) is 0 Å². The topological polar surface area (TPSA) is 46.6 Å². The number of piperidine rings is 1. The van der Waals surface area contributed by atoms with Gasteiger partial charge in [-0.05, 0) is 32.1 Å². The number of carbonyl (C=O) groups is 2. The van der Waals surface area contributed by atoms with Crippen molar-refractivity contribution in [1.29, 1.82) is 0 Å². The maximum Gasteiger partial charge on any atom is 0.307 e. The maximum absolute atomic E-state index is 12.0. The second-order valence-electron chi connectivity index (χ2n) is 4.74. The van der Waals surface area contributed by atoms with Gasteiger partial charge in [0.15, 0.2) is 0 Å². The summed E-state index contributed by atoms with van der Waals surface area (Å²) in [6, 6.07) is 0.0781. The third kappa shape index (κ3) is 2.54. The van der Waals surface area contributed by atoms with Crippen LogP contribution in [0.2, 0.25) is 0 Å². The van der Waals surface area contributed by atoms with Gasteiger partial charge in [0.05, 0.1) is 13.5 Å².